The first kappa shape index (κ1) is 15.8. The molecule has 2 N–H and O–H groups in total. The van der Waals surface area contributed by atoms with Crippen molar-refractivity contribution in [1.82, 2.24) is 10.6 Å². The van der Waals surface area contributed by atoms with Crippen molar-refractivity contribution in [2.24, 2.45) is 0 Å². The molecule has 0 aliphatic carbocycles. The van der Waals surface area contributed by atoms with Crippen LogP contribution in [0.2, 0.25) is 0 Å². The fourth-order valence-electron chi connectivity index (χ4n) is 2.11. The first-order valence-corrected chi connectivity index (χ1v) is 6.49. The summed E-state index contributed by atoms with van der Waals surface area (Å²) in [6.45, 7) is 4.49. The van der Waals surface area contributed by atoms with Crippen LogP contribution < -0.4 is 15.4 Å². The summed E-state index contributed by atoms with van der Waals surface area (Å²) in [4.78, 5) is 11.8. The molecule has 1 aliphatic rings. The van der Waals surface area contributed by atoms with Crippen molar-refractivity contribution in [1.29, 1.82) is 0 Å². The topological polar surface area (TPSA) is 50.4 Å². The van der Waals surface area contributed by atoms with E-state index in [1.54, 1.807) is 0 Å². The highest BCUT2D eigenvalue weighted by Crippen LogP contribution is 2.12. The van der Waals surface area contributed by atoms with Crippen LogP contribution in [0.5, 0.6) is 5.75 Å². The van der Waals surface area contributed by atoms with Gasteiger partial charge in [0.05, 0.1) is 13.0 Å². The van der Waals surface area contributed by atoms with E-state index in [0.29, 0.717) is 19.1 Å². The van der Waals surface area contributed by atoms with E-state index < -0.39 is 0 Å². The van der Waals surface area contributed by atoms with E-state index in [2.05, 4.69) is 10.6 Å². The van der Waals surface area contributed by atoms with E-state index in [0.717, 1.165) is 30.8 Å². The molecule has 0 bridgehead atoms. The molecule has 4 nitrogen and oxygen atoms in total. The number of amides is 1. The van der Waals surface area contributed by atoms with Crippen LogP contribution in [0, 0.1) is 0 Å². The maximum absolute atomic E-state index is 11.8. The van der Waals surface area contributed by atoms with Crippen molar-refractivity contribution in [2.45, 2.75) is 25.8 Å². The molecular formula is C14H21ClN2O2. The molecule has 0 saturated carbocycles. The normalized spacial score (nSPS) is 17.6. The molecule has 1 saturated heterocycles. The molecule has 1 fully saturated rings. The van der Waals surface area contributed by atoms with Crippen molar-refractivity contribution in [3.8, 4) is 5.75 Å². The molecule has 19 heavy (non-hydrogen) atoms. The van der Waals surface area contributed by atoms with Crippen molar-refractivity contribution < 1.29 is 9.53 Å². The van der Waals surface area contributed by atoms with Gasteiger partial charge >= 0.3 is 0 Å². The van der Waals surface area contributed by atoms with Crippen molar-refractivity contribution >= 4 is 18.3 Å². The number of nitrogens with one attached hydrogen (secondary N) is 2. The number of benzene rings is 1. The molecule has 5 heteroatoms. The Bertz CT molecular complexity index is 389. The number of hydrogen-bond acceptors (Lipinski definition) is 3. The number of carbonyl (C=O) groups excluding carboxylic acids is 1. The average Bonchev–Trinajstić information content (AvgIpc) is 2.84. The Balaban J connectivity index is 0.00000180. The van der Waals surface area contributed by atoms with Gasteiger partial charge in [-0.3, -0.25) is 4.79 Å². The van der Waals surface area contributed by atoms with Gasteiger partial charge in [0.15, 0.2) is 0 Å². The Kier molecular flexibility index (Phi) is 6.67. The molecule has 0 aromatic heterocycles. The van der Waals surface area contributed by atoms with Crippen LogP contribution >= 0.6 is 12.4 Å². The lowest BCUT2D eigenvalue weighted by molar-refractivity contribution is -0.121. The monoisotopic (exact) mass is 284 g/mol. The van der Waals surface area contributed by atoms with E-state index in [1.165, 1.54) is 0 Å². The van der Waals surface area contributed by atoms with Crippen LogP contribution in [0.15, 0.2) is 24.3 Å². The van der Waals surface area contributed by atoms with Crippen molar-refractivity contribution in [3.05, 3.63) is 29.8 Å². The van der Waals surface area contributed by atoms with Gasteiger partial charge in [0.1, 0.15) is 5.75 Å². The molecule has 1 amide bonds. The van der Waals surface area contributed by atoms with Gasteiger partial charge < -0.3 is 15.4 Å². The number of rotatable bonds is 5. The van der Waals surface area contributed by atoms with E-state index in [4.69, 9.17) is 4.74 Å². The fraction of sp³-hybridized carbons (Fsp3) is 0.500. The second-order valence-electron chi connectivity index (χ2n) is 4.51. The second kappa shape index (κ2) is 8.02. The molecule has 1 unspecified atom stereocenters. The third kappa shape index (κ3) is 5.09. The Morgan fingerprint density at radius 3 is 2.74 bits per heavy atom. The SMILES string of the molecule is CCOc1ccc(CC(=O)NC2CCNC2)cc1.Cl. The van der Waals surface area contributed by atoms with E-state index >= 15 is 0 Å². The molecule has 1 aromatic carbocycles. The minimum Gasteiger partial charge on any atom is -0.494 e. The standard InChI is InChI=1S/C14H20N2O2.ClH/c1-2-18-13-5-3-11(4-6-13)9-14(17)16-12-7-8-15-10-12;/h3-6,12,15H,2,7-10H2,1H3,(H,16,17);1H. The van der Waals surface area contributed by atoms with Crippen LogP contribution in [0.4, 0.5) is 0 Å². The number of ether oxygens (including phenoxy) is 1. The summed E-state index contributed by atoms with van der Waals surface area (Å²) < 4.78 is 5.36. The van der Waals surface area contributed by atoms with Gasteiger partial charge in [-0.05, 0) is 37.6 Å². The summed E-state index contributed by atoms with van der Waals surface area (Å²) in [6.07, 6.45) is 1.46. The van der Waals surface area contributed by atoms with Crippen LogP contribution in [0.25, 0.3) is 0 Å². The Morgan fingerprint density at radius 2 is 2.16 bits per heavy atom. The van der Waals surface area contributed by atoms with Gasteiger partial charge in [-0.1, -0.05) is 12.1 Å². The number of hydrogen-bond donors (Lipinski definition) is 2. The molecular weight excluding hydrogens is 264 g/mol. The molecule has 0 radical (unpaired) electrons. The molecule has 0 spiro atoms. The Labute approximate surface area is 120 Å². The lowest BCUT2D eigenvalue weighted by Gasteiger charge is -2.11. The minimum absolute atomic E-state index is 0. The highest BCUT2D eigenvalue weighted by molar-refractivity contribution is 5.85. The second-order valence-corrected chi connectivity index (χ2v) is 4.51. The fourth-order valence-corrected chi connectivity index (χ4v) is 2.11. The summed E-state index contributed by atoms with van der Waals surface area (Å²) in [5.41, 5.74) is 1.02. The maximum atomic E-state index is 11.8. The zero-order chi connectivity index (χ0) is 12.8. The van der Waals surface area contributed by atoms with Gasteiger partial charge in [0.25, 0.3) is 0 Å². The number of halogens is 1. The van der Waals surface area contributed by atoms with Gasteiger partial charge in [-0.15, -0.1) is 12.4 Å². The highest BCUT2D eigenvalue weighted by atomic mass is 35.5. The summed E-state index contributed by atoms with van der Waals surface area (Å²) in [5.74, 6) is 0.939. The van der Waals surface area contributed by atoms with Crippen LogP contribution in [0.3, 0.4) is 0 Å². The quantitative estimate of drug-likeness (QED) is 0.862. The van der Waals surface area contributed by atoms with Gasteiger partial charge in [-0.2, -0.15) is 0 Å². The summed E-state index contributed by atoms with van der Waals surface area (Å²) in [5, 5.41) is 6.27. The van der Waals surface area contributed by atoms with Gasteiger partial charge in [0, 0.05) is 12.6 Å². The zero-order valence-electron chi connectivity index (χ0n) is 11.1. The molecule has 1 heterocycles. The van der Waals surface area contributed by atoms with Crippen LogP contribution in [-0.2, 0) is 11.2 Å². The molecule has 1 aliphatic heterocycles. The third-order valence-corrected chi connectivity index (χ3v) is 3.02. The van der Waals surface area contributed by atoms with E-state index in [9.17, 15) is 4.79 Å². The maximum Gasteiger partial charge on any atom is 0.224 e. The predicted molar refractivity (Wildman–Crippen MR) is 78.0 cm³/mol. The van der Waals surface area contributed by atoms with Crippen LogP contribution in [0.1, 0.15) is 18.9 Å². The smallest absolute Gasteiger partial charge is 0.224 e. The van der Waals surface area contributed by atoms with Gasteiger partial charge in [-0.25, -0.2) is 0 Å². The lowest BCUT2D eigenvalue weighted by Crippen LogP contribution is -2.37. The average molecular weight is 285 g/mol. The largest absolute Gasteiger partial charge is 0.494 e. The first-order chi connectivity index (χ1) is 8.78. The summed E-state index contributed by atoms with van der Waals surface area (Å²) in [7, 11) is 0. The molecule has 106 valence electrons. The molecule has 1 atom stereocenters. The first-order valence-electron chi connectivity index (χ1n) is 6.49. The van der Waals surface area contributed by atoms with E-state index in [1.807, 2.05) is 31.2 Å². The minimum atomic E-state index is 0. The van der Waals surface area contributed by atoms with Gasteiger partial charge in [0.2, 0.25) is 5.91 Å². The third-order valence-electron chi connectivity index (χ3n) is 3.02. The summed E-state index contributed by atoms with van der Waals surface area (Å²) in [6, 6.07) is 7.99. The Morgan fingerprint density at radius 1 is 1.42 bits per heavy atom. The highest BCUT2D eigenvalue weighted by Gasteiger charge is 2.16. The lowest BCUT2D eigenvalue weighted by atomic mass is 10.1. The molecule has 2 rings (SSSR count). The number of carbonyl (C=O) groups is 1. The van der Waals surface area contributed by atoms with Crippen LogP contribution in [-0.4, -0.2) is 31.6 Å². The van der Waals surface area contributed by atoms with Crippen molar-refractivity contribution in [3.63, 3.8) is 0 Å². The molecule has 1 aromatic rings. The Hall–Kier alpha value is -1.26. The van der Waals surface area contributed by atoms with Crippen molar-refractivity contribution in [2.75, 3.05) is 19.7 Å². The van der Waals surface area contributed by atoms with E-state index in [-0.39, 0.29) is 18.3 Å². The predicted octanol–water partition coefficient (Wildman–Crippen LogP) is 1.53. The summed E-state index contributed by atoms with van der Waals surface area (Å²) >= 11 is 0. The zero-order valence-corrected chi connectivity index (χ0v) is 12.0.